The second-order valence-corrected chi connectivity index (χ2v) is 7.41. The molecule has 0 radical (unpaired) electrons. The lowest BCUT2D eigenvalue weighted by molar-refractivity contribution is 0.295. The number of aryl methyl sites for hydroxylation is 1. The maximum Gasteiger partial charge on any atom is 0.194 e. The van der Waals surface area contributed by atoms with Crippen molar-refractivity contribution in [3.05, 3.63) is 51.5 Å². The van der Waals surface area contributed by atoms with Crippen LogP contribution in [0.4, 0.5) is 0 Å². The van der Waals surface area contributed by atoms with Crippen LogP contribution < -0.4 is 5.32 Å². The molecule has 0 saturated carbocycles. The van der Waals surface area contributed by atoms with E-state index in [9.17, 15) is 0 Å². The number of benzene rings is 1. The SMILES string of the molecule is CCN(CC)Cc1ccccc1CNC(=NC)N(C)Cc1csc(C)n1.I. The maximum absolute atomic E-state index is 4.54. The van der Waals surface area contributed by atoms with Gasteiger partial charge in [0, 0.05) is 32.6 Å². The minimum Gasteiger partial charge on any atom is -0.352 e. The van der Waals surface area contributed by atoms with Crippen molar-refractivity contribution < 1.29 is 0 Å². The average Bonchev–Trinajstić information content (AvgIpc) is 3.05. The van der Waals surface area contributed by atoms with Crippen LogP contribution in [0.25, 0.3) is 0 Å². The molecule has 27 heavy (non-hydrogen) atoms. The van der Waals surface area contributed by atoms with Gasteiger partial charge in [-0.2, -0.15) is 0 Å². The van der Waals surface area contributed by atoms with Gasteiger partial charge in [-0.05, 0) is 31.1 Å². The summed E-state index contributed by atoms with van der Waals surface area (Å²) in [6.07, 6.45) is 0. The number of aromatic nitrogens is 1. The fourth-order valence-electron chi connectivity index (χ4n) is 2.93. The number of rotatable bonds is 8. The first-order valence-corrected chi connectivity index (χ1v) is 10.1. The molecule has 0 saturated heterocycles. The van der Waals surface area contributed by atoms with Crippen LogP contribution in [-0.4, -0.2) is 47.9 Å². The highest BCUT2D eigenvalue weighted by molar-refractivity contribution is 14.0. The van der Waals surface area contributed by atoms with Gasteiger partial charge in [-0.1, -0.05) is 38.1 Å². The number of nitrogens with one attached hydrogen (secondary N) is 1. The summed E-state index contributed by atoms with van der Waals surface area (Å²) in [6.45, 7) is 11.1. The molecule has 0 fully saturated rings. The van der Waals surface area contributed by atoms with Gasteiger partial charge >= 0.3 is 0 Å². The lowest BCUT2D eigenvalue weighted by Gasteiger charge is -2.23. The van der Waals surface area contributed by atoms with Gasteiger partial charge in [-0.3, -0.25) is 9.89 Å². The number of hydrogen-bond donors (Lipinski definition) is 1. The fraction of sp³-hybridized carbons (Fsp3) is 0.500. The summed E-state index contributed by atoms with van der Waals surface area (Å²) in [5.41, 5.74) is 3.77. The molecule has 0 spiro atoms. The van der Waals surface area contributed by atoms with Gasteiger partial charge < -0.3 is 10.2 Å². The molecule has 0 atom stereocenters. The predicted molar refractivity (Wildman–Crippen MR) is 127 cm³/mol. The Morgan fingerprint density at radius 3 is 2.37 bits per heavy atom. The molecule has 5 nitrogen and oxygen atoms in total. The molecule has 2 aromatic rings. The van der Waals surface area contributed by atoms with Gasteiger partial charge in [-0.25, -0.2) is 4.98 Å². The van der Waals surface area contributed by atoms with Crippen molar-refractivity contribution in [1.29, 1.82) is 0 Å². The van der Waals surface area contributed by atoms with Crippen molar-refractivity contribution in [2.75, 3.05) is 27.2 Å². The first-order valence-electron chi connectivity index (χ1n) is 9.19. The summed E-state index contributed by atoms with van der Waals surface area (Å²) in [6, 6.07) is 8.64. The van der Waals surface area contributed by atoms with Crippen LogP contribution in [-0.2, 0) is 19.6 Å². The number of thiazole rings is 1. The fourth-order valence-corrected chi connectivity index (χ4v) is 3.53. The molecule has 1 aromatic heterocycles. The van der Waals surface area contributed by atoms with Gasteiger partial charge in [0.25, 0.3) is 0 Å². The molecule has 0 aliphatic rings. The molecule has 1 aromatic carbocycles. The van der Waals surface area contributed by atoms with E-state index >= 15 is 0 Å². The molecule has 0 unspecified atom stereocenters. The molecule has 0 aliphatic carbocycles. The van der Waals surface area contributed by atoms with Gasteiger partial charge in [0.05, 0.1) is 17.2 Å². The van der Waals surface area contributed by atoms with Crippen LogP contribution in [0.2, 0.25) is 0 Å². The van der Waals surface area contributed by atoms with Crippen LogP contribution in [0.3, 0.4) is 0 Å². The number of halogens is 1. The number of hydrogen-bond acceptors (Lipinski definition) is 4. The Kier molecular flexibility index (Phi) is 10.9. The minimum absolute atomic E-state index is 0. The van der Waals surface area contributed by atoms with E-state index in [4.69, 9.17) is 0 Å². The Bertz CT molecular complexity index is 712. The van der Waals surface area contributed by atoms with Crippen LogP contribution >= 0.6 is 35.3 Å². The molecule has 150 valence electrons. The zero-order valence-corrected chi connectivity index (χ0v) is 20.2. The first kappa shape index (κ1) is 23.8. The Balaban J connectivity index is 0.00000364. The van der Waals surface area contributed by atoms with Gasteiger partial charge in [-0.15, -0.1) is 35.3 Å². The van der Waals surface area contributed by atoms with E-state index in [1.165, 1.54) is 11.1 Å². The average molecular weight is 501 g/mol. The molecule has 1 heterocycles. The summed E-state index contributed by atoms with van der Waals surface area (Å²) >= 11 is 1.69. The number of nitrogens with zero attached hydrogens (tertiary/aromatic N) is 4. The predicted octanol–water partition coefficient (Wildman–Crippen LogP) is 4.12. The summed E-state index contributed by atoms with van der Waals surface area (Å²) in [5, 5.41) is 6.70. The number of guanidine groups is 1. The van der Waals surface area contributed by atoms with Crippen LogP contribution in [0.15, 0.2) is 34.6 Å². The summed E-state index contributed by atoms with van der Waals surface area (Å²) in [4.78, 5) is 13.5. The van der Waals surface area contributed by atoms with Gasteiger partial charge in [0.1, 0.15) is 0 Å². The monoisotopic (exact) mass is 501 g/mol. The molecule has 0 aliphatic heterocycles. The maximum atomic E-state index is 4.54. The Hall–Kier alpha value is -1.19. The van der Waals surface area contributed by atoms with E-state index in [2.05, 4.69) is 68.6 Å². The highest BCUT2D eigenvalue weighted by Crippen LogP contribution is 2.13. The minimum atomic E-state index is 0. The largest absolute Gasteiger partial charge is 0.352 e. The normalized spacial score (nSPS) is 11.4. The molecular weight excluding hydrogens is 469 g/mol. The summed E-state index contributed by atoms with van der Waals surface area (Å²) < 4.78 is 0. The van der Waals surface area contributed by atoms with Crippen molar-refractivity contribution >= 4 is 41.3 Å². The van der Waals surface area contributed by atoms with Crippen molar-refractivity contribution in [3.8, 4) is 0 Å². The van der Waals surface area contributed by atoms with Crippen molar-refractivity contribution in [2.45, 2.75) is 40.4 Å². The molecule has 2 rings (SSSR count). The van der Waals surface area contributed by atoms with E-state index in [1.54, 1.807) is 11.3 Å². The van der Waals surface area contributed by atoms with E-state index in [0.29, 0.717) is 0 Å². The second kappa shape index (κ2) is 12.3. The highest BCUT2D eigenvalue weighted by atomic mass is 127. The summed E-state index contributed by atoms with van der Waals surface area (Å²) in [5.74, 6) is 0.883. The quantitative estimate of drug-likeness (QED) is 0.336. The van der Waals surface area contributed by atoms with Gasteiger partial charge in [0.2, 0.25) is 0 Å². The van der Waals surface area contributed by atoms with E-state index in [-0.39, 0.29) is 24.0 Å². The van der Waals surface area contributed by atoms with Crippen LogP contribution in [0.1, 0.15) is 35.7 Å². The lowest BCUT2D eigenvalue weighted by Crippen LogP contribution is -2.38. The van der Waals surface area contributed by atoms with Crippen molar-refractivity contribution in [2.24, 2.45) is 4.99 Å². The Labute approximate surface area is 184 Å². The van der Waals surface area contributed by atoms with Crippen LogP contribution in [0, 0.1) is 6.92 Å². The lowest BCUT2D eigenvalue weighted by atomic mass is 10.1. The van der Waals surface area contributed by atoms with Crippen molar-refractivity contribution in [3.63, 3.8) is 0 Å². The molecular formula is C20H32IN5S. The highest BCUT2D eigenvalue weighted by Gasteiger charge is 2.10. The molecule has 0 bridgehead atoms. The standard InChI is InChI=1S/C20H31N5S.HI/c1-6-25(7-2)13-18-11-9-8-10-17(18)12-22-20(21-4)24(5)14-19-15-26-16(3)23-19;/h8-11,15H,6-7,12-14H2,1-5H3,(H,21,22);1H. The third-order valence-corrected chi connectivity index (χ3v) is 5.31. The topological polar surface area (TPSA) is 43.8 Å². The van der Waals surface area contributed by atoms with E-state index in [1.807, 2.05) is 21.0 Å². The number of aliphatic imine (C=N–C) groups is 1. The Morgan fingerprint density at radius 2 is 1.81 bits per heavy atom. The van der Waals surface area contributed by atoms with E-state index < -0.39 is 0 Å². The van der Waals surface area contributed by atoms with Gasteiger partial charge in [0.15, 0.2) is 5.96 Å². The third-order valence-electron chi connectivity index (χ3n) is 4.48. The zero-order chi connectivity index (χ0) is 18.9. The molecule has 7 heteroatoms. The molecule has 1 N–H and O–H groups in total. The van der Waals surface area contributed by atoms with E-state index in [0.717, 1.165) is 49.4 Å². The van der Waals surface area contributed by atoms with Crippen molar-refractivity contribution in [1.82, 2.24) is 20.1 Å². The molecule has 0 amide bonds. The smallest absolute Gasteiger partial charge is 0.194 e. The third kappa shape index (κ3) is 7.38. The zero-order valence-electron chi connectivity index (χ0n) is 17.0. The second-order valence-electron chi connectivity index (χ2n) is 6.34. The first-order chi connectivity index (χ1) is 12.6. The summed E-state index contributed by atoms with van der Waals surface area (Å²) in [7, 11) is 3.87. The van der Waals surface area contributed by atoms with Crippen LogP contribution in [0.5, 0.6) is 0 Å². The Morgan fingerprint density at radius 1 is 1.15 bits per heavy atom.